The molecule has 0 bridgehead atoms. The molecule has 0 spiro atoms. The first-order valence-electron chi connectivity index (χ1n) is 16.4. The van der Waals surface area contributed by atoms with Crippen LogP contribution in [0.4, 0.5) is 5.13 Å². The van der Waals surface area contributed by atoms with Crippen LogP contribution in [0.2, 0.25) is 5.02 Å². The summed E-state index contributed by atoms with van der Waals surface area (Å²) in [5.74, 6) is 2.04. The molecule has 4 aromatic rings. The van der Waals surface area contributed by atoms with E-state index in [4.69, 9.17) is 35.5 Å². The Bertz CT molecular complexity index is 1910. The van der Waals surface area contributed by atoms with Crippen LogP contribution in [0, 0.1) is 11.3 Å². The van der Waals surface area contributed by atoms with Crippen molar-refractivity contribution in [2.75, 3.05) is 33.2 Å². The maximum Gasteiger partial charge on any atom is 0.246 e. The zero-order valence-corrected chi connectivity index (χ0v) is 30.6. The number of likely N-dealkylation sites (tertiary alicyclic amines) is 1. The summed E-state index contributed by atoms with van der Waals surface area (Å²) in [6, 6.07) is 9.45. The molecule has 1 aliphatic heterocycles. The van der Waals surface area contributed by atoms with Crippen molar-refractivity contribution in [3.63, 3.8) is 0 Å². The summed E-state index contributed by atoms with van der Waals surface area (Å²) >= 11 is 7.74. The largest absolute Gasteiger partial charge is 0.497 e. The van der Waals surface area contributed by atoms with E-state index in [0.717, 1.165) is 17.4 Å². The first-order chi connectivity index (χ1) is 23.9. The summed E-state index contributed by atoms with van der Waals surface area (Å²) in [5, 5.41) is 11.0. The summed E-state index contributed by atoms with van der Waals surface area (Å²) in [6.45, 7) is 10.00. The molecule has 6 rings (SSSR count). The van der Waals surface area contributed by atoms with E-state index in [1.807, 2.05) is 56.5 Å². The highest BCUT2D eigenvalue weighted by molar-refractivity contribution is 7.14. The third-order valence-corrected chi connectivity index (χ3v) is 10.2. The van der Waals surface area contributed by atoms with Crippen LogP contribution < -0.4 is 29.6 Å². The lowest BCUT2D eigenvalue weighted by molar-refractivity contribution is -0.140. The topological polar surface area (TPSA) is 124 Å². The number of fused-ring (bicyclic) bond motifs is 1. The third kappa shape index (κ3) is 7.32. The number of carbonyl (C=O) groups is 2. The number of rotatable bonds is 12. The second kappa shape index (κ2) is 14.4. The Balaban J connectivity index is 1.28. The number of nitrogens with zero attached hydrogens (tertiary/aromatic N) is 3. The van der Waals surface area contributed by atoms with Crippen molar-refractivity contribution < 1.29 is 28.5 Å². The maximum absolute atomic E-state index is 14.6. The van der Waals surface area contributed by atoms with Crippen LogP contribution in [0.25, 0.3) is 22.0 Å². The predicted octanol–water partition coefficient (Wildman–Crippen LogP) is 6.60. The number of nitrogens with one attached hydrogen (secondary N) is 2. The second-order valence-corrected chi connectivity index (χ2v) is 14.9. The SMILES string of the molecule is C=C[C@@H]1C[C@H]1NC(=O)[C@@H]1C[C@@H](Oc2ncc(OC)c3ccc(Cl)cc23)CN1C(=O)[C@@H](Nc1nc(-c2cc(OC)ccc2OC)cs1)C(C)(C)C. The van der Waals surface area contributed by atoms with Gasteiger partial charge in [0.15, 0.2) is 5.13 Å². The molecule has 11 nitrogen and oxygen atoms in total. The normalized spacial score (nSPS) is 20.6. The minimum atomic E-state index is -0.758. The van der Waals surface area contributed by atoms with E-state index in [9.17, 15) is 9.59 Å². The molecule has 2 N–H and O–H groups in total. The number of benzene rings is 2. The van der Waals surface area contributed by atoms with Crippen molar-refractivity contribution in [1.29, 1.82) is 0 Å². The van der Waals surface area contributed by atoms with Crippen LogP contribution >= 0.6 is 22.9 Å². The van der Waals surface area contributed by atoms with Gasteiger partial charge in [0.1, 0.15) is 35.4 Å². The zero-order valence-electron chi connectivity index (χ0n) is 29.0. The minimum Gasteiger partial charge on any atom is -0.497 e. The standard InChI is InChI=1S/C37H42ClN5O6S/c1-8-20-13-27(20)40-33(44)29-16-23(49-34-25-14-21(38)9-11-24(25)31(48-7)17-39-34)18-43(29)35(45)32(37(2,3)4)42-36-41-28(19-50-36)26-15-22(46-5)10-12-30(26)47-6/h8-12,14-15,17,19-20,23,27,29,32H,1,13,16,18H2,2-7H3,(H,40,44)(H,41,42)/t20-,23-,27-,29+,32-/m1/s1. The Morgan fingerprint density at radius 2 is 1.84 bits per heavy atom. The Labute approximate surface area is 300 Å². The first-order valence-corrected chi connectivity index (χ1v) is 17.7. The van der Waals surface area contributed by atoms with Crippen molar-refractivity contribution in [2.24, 2.45) is 11.3 Å². The molecule has 1 aliphatic carbocycles. The number of amides is 2. The van der Waals surface area contributed by atoms with E-state index in [2.05, 4.69) is 22.2 Å². The second-order valence-electron chi connectivity index (χ2n) is 13.6. The fraction of sp³-hybridized carbons (Fsp3) is 0.405. The van der Waals surface area contributed by atoms with Crippen molar-refractivity contribution in [3.05, 3.63) is 65.7 Å². The van der Waals surface area contributed by atoms with E-state index >= 15 is 0 Å². The lowest BCUT2D eigenvalue weighted by atomic mass is 9.85. The summed E-state index contributed by atoms with van der Waals surface area (Å²) in [5.41, 5.74) is 0.900. The van der Waals surface area contributed by atoms with Gasteiger partial charge in [-0.3, -0.25) is 9.59 Å². The molecule has 0 radical (unpaired) electrons. The average molecular weight is 720 g/mol. The van der Waals surface area contributed by atoms with Gasteiger partial charge in [-0.1, -0.05) is 38.4 Å². The smallest absolute Gasteiger partial charge is 0.246 e. The van der Waals surface area contributed by atoms with Crippen molar-refractivity contribution in [2.45, 2.75) is 57.8 Å². The van der Waals surface area contributed by atoms with Gasteiger partial charge >= 0.3 is 0 Å². The van der Waals surface area contributed by atoms with Crippen LogP contribution in [0.1, 0.15) is 33.6 Å². The molecule has 2 aromatic carbocycles. The highest BCUT2D eigenvalue weighted by atomic mass is 35.5. The number of methoxy groups -OCH3 is 3. The van der Waals surface area contributed by atoms with E-state index in [-0.39, 0.29) is 36.7 Å². The molecule has 0 unspecified atom stereocenters. The first kappa shape index (κ1) is 35.3. The molecule has 2 amide bonds. The number of pyridine rings is 1. The quantitative estimate of drug-likeness (QED) is 0.156. The van der Waals surface area contributed by atoms with Gasteiger partial charge in [-0.15, -0.1) is 17.9 Å². The molecule has 2 fully saturated rings. The lowest BCUT2D eigenvalue weighted by Crippen LogP contribution is -2.54. The molecule has 50 heavy (non-hydrogen) atoms. The number of ether oxygens (including phenoxy) is 4. The fourth-order valence-corrected chi connectivity index (χ4v) is 7.20. The molecular weight excluding hydrogens is 678 g/mol. The maximum atomic E-state index is 14.6. The minimum absolute atomic E-state index is 0.00476. The summed E-state index contributed by atoms with van der Waals surface area (Å²) in [6.07, 6.45) is 4.05. The van der Waals surface area contributed by atoms with E-state index in [1.165, 1.54) is 11.3 Å². The number of hydrogen-bond acceptors (Lipinski definition) is 10. The van der Waals surface area contributed by atoms with Crippen LogP contribution in [-0.2, 0) is 9.59 Å². The molecule has 2 aromatic heterocycles. The van der Waals surface area contributed by atoms with Gasteiger partial charge in [0.2, 0.25) is 17.7 Å². The van der Waals surface area contributed by atoms with Crippen LogP contribution in [0.5, 0.6) is 23.1 Å². The summed E-state index contributed by atoms with van der Waals surface area (Å²) in [7, 11) is 4.79. The van der Waals surface area contributed by atoms with E-state index < -0.39 is 23.6 Å². The van der Waals surface area contributed by atoms with Crippen molar-refractivity contribution >= 4 is 50.7 Å². The van der Waals surface area contributed by atoms with Crippen molar-refractivity contribution in [1.82, 2.24) is 20.2 Å². The lowest BCUT2D eigenvalue weighted by Gasteiger charge is -2.35. The van der Waals surface area contributed by atoms with Crippen LogP contribution in [0.3, 0.4) is 0 Å². The Kier molecular flexibility index (Phi) is 10.1. The van der Waals surface area contributed by atoms with Gasteiger partial charge in [0.25, 0.3) is 0 Å². The number of thiazole rings is 1. The Morgan fingerprint density at radius 1 is 1.06 bits per heavy atom. The highest BCUT2D eigenvalue weighted by Crippen LogP contribution is 2.38. The average Bonchev–Trinajstić information content (AvgIpc) is 3.45. The molecule has 1 saturated carbocycles. The van der Waals surface area contributed by atoms with E-state index in [1.54, 1.807) is 44.6 Å². The summed E-state index contributed by atoms with van der Waals surface area (Å²) in [4.78, 5) is 39.4. The molecule has 3 heterocycles. The van der Waals surface area contributed by atoms with Gasteiger partial charge in [-0.05, 0) is 54.2 Å². The number of halogens is 1. The molecule has 1 saturated heterocycles. The van der Waals surface area contributed by atoms with Gasteiger partial charge in [0.05, 0.1) is 39.8 Å². The molecular formula is C37H42ClN5O6S. The Morgan fingerprint density at radius 3 is 2.52 bits per heavy atom. The highest BCUT2D eigenvalue weighted by Gasteiger charge is 2.47. The molecule has 264 valence electrons. The fourth-order valence-electron chi connectivity index (χ4n) is 6.29. The number of aromatic nitrogens is 2. The monoisotopic (exact) mass is 719 g/mol. The van der Waals surface area contributed by atoms with Gasteiger partial charge < -0.3 is 34.5 Å². The number of hydrogen-bond donors (Lipinski definition) is 2. The van der Waals surface area contributed by atoms with Crippen LogP contribution in [-0.4, -0.2) is 78.8 Å². The predicted molar refractivity (Wildman–Crippen MR) is 196 cm³/mol. The molecule has 13 heteroatoms. The number of carbonyl (C=O) groups excluding carboxylic acids is 2. The van der Waals surface area contributed by atoms with Gasteiger partial charge in [-0.2, -0.15) is 0 Å². The van der Waals surface area contributed by atoms with Gasteiger partial charge in [0, 0.05) is 39.2 Å². The summed E-state index contributed by atoms with van der Waals surface area (Å²) < 4.78 is 23.0. The van der Waals surface area contributed by atoms with Gasteiger partial charge in [-0.25, -0.2) is 9.97 Å². The van der Waals surface area contributed by atoms with Crippen LogP contribution in [0.15, 0.2) is 60.6 Å². The zero-order chi connectivity index (χ0) is 35.7. The third-order valence-electron chi connectivity index (χ3n) is 9.16. The molecule has 2 aliphatic rings. The molecule has 5 atom stereocenters. The number of anilines is 1. The Hall–Kier alpha value is -4.55. The van der Waals surface area contributed by atoms with Crippen molar-refractivity contribution in [3.8, 4) is 34.4 Å². The van der Waals surface area contributed by atoms with E-state index in [0.29, 0.717) is 44.4 Å².